The Balaban J connectivity index is 4.35. The van der Waals surface area contributed by atoms with Crippen molar-refractivity contribution < 1.29 is 4.90 Å². The van der Waals surface area contributed by atoms with Crippen molar-refractivity contribution in [3.05, 3.63) is 0 Å². The van der Waals surface area contributed by atoms with Gasteiger partial charge >= 0.3 is 0 Å². The average molecular weight is 221 g/mol. The summed E-state index contributed by atoms with van der Waals surface area (Å²) in [5, 5.41) is 0. The summed E-state index contributed by atoms with van der Waals surface area (Å²) in [7, 11) is 7.68. The zero-order valence-corrected chi connectivity index (χ0v) is 9.43. The van der Waals surface area contributed by atoms with Gasteiger partial charge in [-0.15, -0.1) is 0 Å². The fourth-order valence-electron chi connectivity index (χ4n) is 1.14. The molecule has 1 unspecified atom stereocenters. The molecule has 0 amide bonds. The largest absolute Gasteiger partial charge is 0.321 e. The number of rotatable bonds is 2. The molecule has 0 aromatic heterocycles. The lowest BCUT2D eigenvalue weighted by molar-refractivity contribution is -0.897. The van der Waals surface area contributed by atoms with Crippen LogP contribution in [0.2, 0.25) is 0 Å². The third-order valence-electron chi connectivity index (χ3n) is 1.37. The summed E-state index contributed by atoms with van der Waals surface area (Å²) in [5.41, 5.74) is 0. The maximum Gasteiger partial charge on any atom is 0.256 e. The summed E-state index contributed by atoms with van der Waals surface area (Å²) in [4.78, 5) is 2.98. The minimum Gasteiger partial charge on any atom is -0.321 e. The van der Waals surface area contributed by atoms with Gasteiger partial charge in [0.25, 0.3) is 3.79 Å². The Morgan fingerprint density at radius 3 is 1.55 bits per heavy atom. The summed E-state index contributed by atoms with van der Waals surface area (Å²) < 4.78 is -1.23. The van der Waals surface area contributed by atoms with Crippen molar-refractivity contribution in [1.82, 2.24) is 4.90 Å². The highest BCUT2D eigenvalue weighted by Gasteiger charge is 2.39. The molecule has 0 aromatic carbocycles. The summed E-state index contributed by atoms with van der Waals surface area (Å²) in [6, 6.07) is 0. The number of nitrogens with one attached hydrogen (secondary N) is 1. The van der Waals surface area contributed by atoms with Crippen LogP contribution in [0.4, 0.5) is 0 Å². The molecule has 0 aromatic rings. The normalized spacial score (nSPS) is 16.1. The first-order valence-corrected chi connectivity index (χ1v) is 4.43. The van der Waals surface area contributed by atoms with E-state index in [0.29, 0.717) is 0 Å². The van der Waals surface area contributed by atoms with Crippen LogP contribution in [0.1, 0.15) is 0 Å². The van der Waals surface area contributed by atoms with Crippen molar-refractivity contribution in [3.8, 4) is 0 Å². The Labute approximate surface area is 83.0 Å². The van der Waals surface area contributed by atoms with Crippen LogP contribution in [0.25, 0.3) is 0 Å². The summed E-state index contributed by atoms with van der Waals surface area (Å²) in [5.74, 6) is 0. The first kappa shape index (κ1) is 11.8. The van der Waals surface area contributed by atoms with E-state index in [4.69, 9.17) is 34.8 Å². The molecular formula is C6H14Cl3N2+. The van der Waals surface area contributed by atoms with Gasteiger partial charge in [0, 0.05) is 0 Å². The maximum atomic E-state index is 5.76. The van der Waals surface area contributed by atoms with E-state index in [1.54, 1.807) is 0 Å². The second-order valence-corrected chi connectivity index (χ2v) is 5.35. The van der Waals surface area contributed by atoms with Crippen molar-refractivity contribution in [2.45, 2.75) is 9.96 Å². The van der Waals surface area contributed by atoms with E-state index in [2.05, 4.69) is 0 Å². The number of quaternary nitrogens is 1. The van der Waals surface area contributed by atoms with Crippen molar-refractivity contribution in [3.63, 3.8) is 0 Å². The van der Waals surface area contributed by atoms with Gasteiger partial charge in [0.15, 0.2) is 6.17 Å². The fraction of sp³-hybridized carbons (Fsp3) is 1.00. The van der Waals surface area contributed by atoms with Crippen LogP contribution in [-0.2, 0) is 0 Å². The topological polar surface area (TPSA) is 7.68 Å². The highest BCUT2D eigenvalue weighted by Crippen LogP contribution is 2.29. The first-order chi connectivity index (χ1) is 4.76. The molecule has 0 bridgehead atoms. The Kier molecular flexibility index (Phi) is 4.45. The van der Waals surface area contributed by atoms with E-state index in [1.807, 2.05) is 33.1 Å². The SMILES string of the molecule is CN(C)C([NH+](C)C)C(Cl)(Cl)Cl. The lowest BCUT2D eigenvalue weighted by atomic mass is 10.4. The van der Waals surface area contributed by atoms with Gasteiger partial charge in [-0.3, -0.25) is 4.90 Å². The van der Waals surface area contributed by atoms with E-state index in [-0.39, 0.29) is 6.17 Å². The standard InChI is InChI=1S/C6H13Cl3N2/c1-10(2)5(11(3)4)6(7,8)9/h5H,1-4H3/p+1. The molecule has 5 heteroatoms. The quantitative estimate of drug-likeness (QED) is 0.523. The van der Waals surface area contributed by atoms with Crippen LogP contribution in [0.3, 0.4) is 0 Å². The van der Waals surface area contributed by atoms with Crippen LogP contribution in [0.15, 0.2) is 0 Å². The number of alkyl halides is 3. The molecule has 1 N–H and O–H groups in total. The zero-order chi connectivity index (χ0) is 9.23. The van der Waals surface area contributed by atoms with Gasteiger partial charge in [-0.1, -0.05) is 34.8 Å². The minimum atomic E-state index is -1.23. The van der Waals surface area contributed by atoms with Gasteiger partial charge in [0.1, 0.15) is 0 Å². The number of nitrogens with zero attached hydrogens (tertiary/aromatic N) is 1. The molecule has 11 heavy (non-hydrogen) atoms. The zero-order valence-electron chi connectivity index (χ0n) is 7.16. The first-order valence-electron chi connectivity index (χ1n) is 3.30. The molecule has 0 heterocycles. The van der Waals surface area contributed by atoms with Crippen molar-refractivity contribution in [2.75, 3.05) is 28.2 Å². The predicted molar refractivity (Wildman–Crippen MR) is 50.6 cm³/mol. The highest BCUT2D eigenvalue weighted by atomic mass is 35.6. The smallest absolute Gasteiger partial charge is 0.256 e. The average Bonchev–Trinajstić information content (AvgIpc) is 1.54. The second kappa shape index (κ2) is 4.15. The lowest BCUT2D eigenvalue weighted by Gasteiger charge is -2.32. The van der Waals surface area contributed by atoms with Crippen LogP contribution in [-0.4, -0.2) is 43.0 Å². The summed E-state index contributed by atoms with van der Waals surface area (Å²) in [6.45, 7) is 0. The van der Waals surface area contributed by atoms with Crippen molar-refractivity contribution in [2.24, 2.45) is 0 Å². The number of halogens is 3. The number of hydrogen-bond acceptors (Lipinski definition) is 1. The molecule has 68 valence electrons. The van der Waals surface area contributed by atoms with Crippen LogP contribution >= 0.6 is 34.8 Å². The molecule has 0 saturated carbocycles. The number of hydrogen-bond donors (Lipinski definition) is 1. The molecule has 0 fully saturated rings. The fourth-order valence-corrected chi connectivity index (χ4v) is 2.38. The Morgan fingerprint density at radius 2 is 1.55 bits per heavy atom. The van der Waals surface area contributed by atoms with Gasteiger partial charge < -0.3 is 4.90 Å². The molecule has 0 spiro atoms. The predicted octanol–water partition coefficient (Wildman–Crippen LogP) is 0.389. The molecule has 0 rings (SSSR count). The Morgan fingerprint density at radius 1 is 1.18 bits per heavy atom. The van der Waals surface area contributed by atoms with Gasteiger partial charge in [-0.05, 0) is 14.1 Å². The molecular weight excluding hydrogens is 206 g/mol. The molecule has 0 aliphatic rings. The lowest BCUT2D eigenvalue weighted by Crippen LogP contribution is -3.13. The molecule has 0 radical (unpaired) electrons. The third-order valence-corrected chi connectivity index (χ3v) is 1.99. The van der Waals surface area contributed by atoms with Crippen molar-refractivity contribution in [1.29, 1.82) is 0 Å². The highest BCUT2D eigenvalue weighted by molar-refractivity contribution is 6.67. The summed E-state index contributed by atoms with van der Waals surface area (Å²) in [6.07, 6.45) is -0.118. The van der Waals surface area contributed by atoms with Crippen LogP contribution in [0, 0.1) is 0 Å². The minimum absolute atomic E-state index is 0.118. The molecule has 2 nitrogen and oxygen atoms in total. The van der Waals surface area contributed by atoms with Gasteiger partial charge in [0.05, 0.1) is 14.1 Å². The van der Waals surface area contributed by atoms with Crippen LogP contribution in [0.5, 0.6) is 0 Å². The van der Waals surface area contributed by atoms with Crippen molar-refractivity contribution >= 4 is 34.8 Å². The second-order valence-electron chi connectivity index (χ2n) is 2.99. The van der Waals surface area contributed by atoms with E-state index in [0.717, 1.165) is 4.90 Å². The third kappa shape index (κ3) is 3.81. The monoisotopic (exact) mass is 219 g/mol. The summed E-state index contributed by atoms with van der Waals surface area (Å²) >= 11 is 17.3. The Hall–Kier alpha value is 0.790. The molecule has 0 aliphatic heterocycles. The van der Waals surface area contributed by atoms with Gasteiger partial charge in [0.2, 0.25) is 0 Å². The molecule has 0 saturated heterocycles. The molecule has 0 aliphatic carbocycles. The molecule has 1 atom stereocenters. The van der Waals surface area contributed by atoms with Gasteiger partial charge in [-0.2, -0.15) is 0 Å². The maximum absolute atomic E-state index is 5.76. The van der Waals surface area contributed by atoms with E-state index >= 15 is 0 Å². The van der Waals surface area contributed by atoms with E-state index < -0.39 is 3.79 Å². The van der Waals surface area contributed by atoms with E-state index in [9.17, 15) is 0 Å². The van der Waals surface area contributed by atoms with Crippen LogP contribution < -0.4 is 4.90 Å². The van der Waals surface area contributed by atoms with Gasteiger partial charge in [-0.25, -0.2) is 0 Å². The Bertz CT molecular complexity index is 111. The van der Waals surface area contributed by atoms with E-state index in [1.165, 1.54) is 0 Å².